The average molecular weight is 314 g/mol. The van der Waals surface area contributed by atoms with Crippen LogP contribution in [0.15, 0.2) is 11.6 Å². The molecule has 1 aromatic rings. The second kappa shape index (κ2) is 8.20. The molecule has 116 valence electrons. The van der Waals surface area contributed by atoms with Crippen molar-refractivity contribution in [3.05, 3.63) is 16.6 Å². The van der Waals surface area contributed by atoms with Crippen LogP contribution in [0.4, 0.5) is 4.79 Å². The summed E-state index contributed by atoms with van der Waals surface area (Å²) in [5, 5.41) is 16.5. The van der Waals surface area contributed by atoms with Gasteiger partial charge in [0.05, 0.1) is 6.04 Å². The Kier molecular flexibility index (Phi) is 6.60. The molecule has 0 bridgehead atoms. The third kappa shape index (κ3) is 5.78. The van der Waals surface area contributed by atoms with E-state index < -0.39 is 23.9 Å². The number of nitrogens with zero attached hydrogens (tertiary/aromatic N) is 1. The molecule has 8 nitrogen and oxygen atoms in total. The molecule has 0 aliphatic carbocycles. The van der Waals surface area contributed by atoms with Gasteiger partial charge in [0.2, 0.25) is 5.91 Å². The van der Waals surface area contributed by atoms with Crippen molar-refractivity contribution in [1.82, 2.24) is 15.6 Å². The molecule has 0 aliphatic rings. The molecule has 0 aromatic carbocycles. The van der Waals surface area contributed by atoms with Gasteiger partial charge in [-0.3, -0.25) is 4.79 Å². The van der Waals surface area contributed by atoms with Gasteiger partial charge < -0.3 is 21.5 Å². The third-order valence-corrected chi connectivity index (χ3v) is 3.64. The van der Waals surface area contributed by atoms with Crippen LogP contribution >= 0.6 is 11.3 Å². The van der Waals surface area contributed by atoms with Crippen molar-refractivity contribution in [2.45, 2.75) is 38.3 Å². The summed E-state index contributed by atoms with van der Waals surface area (Å²) in [6.07, 6.45) is 2.10. The number of amides is 3. The quantitative estimate of drug-likeness (QED) is 0.557. The average Bonchev–Trinajstić information content (AvgIpc) is 2.94. The fraction of sp³-hybridized carbons (Fsp3) is 0.500. The first-order valence-corrected chi connectivity index (χ1v) is 7.29. The number of aliphatic carboxylic acids is 1. The van der Waals surface area contributed by atoms with Crippen LogP contribution in [0.1, 0.15) is 37.2 Å². The second-order valence-corrected chi connectivity index (χ2v) is 5.27. The SMILES string of the molecule is CCC(NC(=O)NC(CCC(N)=O)C(=O)O)c1nccs1. The van der Waals surface area contributed by atoms with Gasteiger partial charge in [-0.05, 0) is 12.8 Å². The molecule has 2 atom stereocenters. The number of primary amides is 1. The van der Waals surface area contributed by atoms with E-state index in [4.69, 9.17) is 10.8 Å². The smallest absolute Gasteiger partial charge is 0.326 e. The first-order valence-electron chi connectivity index (χ1n) is 6.41. The van der Waals surface area contributed by atoms with Crippen LogP contribution in [0.3, 0.4) is 0 Å². The lowest BCUT2D eigenvalue weighted by molar-refractivity contribution is -0.139. The van der Waals surface area contributed by atoms with Crippen LogP contribution in [-0.2, 0) is 9.59 Å². The number of carbonyl (C=O) groups is 3. The standard InChI is InChI=1S/C12H18N4O4S/c1-2-7(10-14-5-6-21-10)15-12(20)16-8(11(18)19)3-4-9(13)17/h5-8H,2-4H2,1H3,(H2,13,17)(H,18,19)(H2,15,16,20). The van der Waals surface area contributed by atoms with Crippen molar-refractivity contribution in [2.75, 3.05) is 0 Å². The summed E-state index contributed by atoms with van der Waals surface area (Å²) in [6, 6.07) is -2.06. The Hall–Kier alpha value is -2.16. The maximum Gasteiger partial charge on any atom is 0.326 e. The number of nitrogens with one attached hydrogen (secondary N) is 2. The number of carboxylic acid groups (broad SMARTS) is 1. The fourth-order valence-corrected chi connectivity index (χ4v) is 2.42. The Morgan fingerprint density at radius 1 is 1.43 bits per heavy atom. The predicted octanol–water partition coefficient (Wildman–Crippen LogP) is 0.612. The molecular weight excluding hydrogens is 296 g/mol. The highest BCUT2D eigenvalue weighted by Crippen LogP contribution is 2.18. The summed E-state index contributed by atoms with van der Waals surface area (Å²) >= 11 is 1.41. The Morgan fingerprint density at radius 3 is 2.62 bits per heavy atom. The topological polar surface area (TPSA) is 134 Å². The minimum Gasteiger partial charge on any atom is -0.480 e. The highest BCUT2D eigenvalue weighted by Gasteiger charge is 2.22. The maximum absolute atomic E-state index is 11.8. The number of carbonyl (C=O) groups excluding carboxylic acids is 2. The number of hydrogen-bond acceptors (Lipinski definition) is 5. The molecule has 3 amide bonds. The van der Waals surface area contributed by atoms with E-state index in [1.165, 1.54) is 11.3 Å². The van der Waals surface area contributed by atoms with Crippen molar-refractivity contribution in [3.8, 4) is 0 Å². The van der Waals surface area contributed by atoms with Crippen molar-refractivity contribution < 1.29 is 19.5 Å². The van der Waals surface area contributed by atoms with E-state index >= 15 is 0 Å². The maximum atomic E-state index is 11.8. The van der Waals surface area contributed by atoms with Gasteiger partial charge in [0.15, 0.2) is 0 Å². The van der Waals surface area contributed by atoms with E-state index in [9.17, 15) is 14.4 Å². The molecule has 0 saturated heterocycles. The first kappa shape index (κ1) is 16.9. The van der Waals surface area contributed by atoms with E-state index in [0.717, 1.165) is 5.01 Å². The number of hydrogen-bond donors (Lipinski definition) is 4. The number of urea groups is 1. The summed E-state index contributed by atoms with van der Waals surface area (Å²) in [5.74, 6) is -1.83. The molecule has 0 saturated carbocycles. The lowest BCUT2D eigenvalue weighted by Gasteiger charge is -2.18. The van der Waals surface area contributed by atoms with Gasteiger partial charge in [-0.15, -0.1) is 11.3 Å². The summed E-state index contributed by atoms with van der Waals surface area (Å²) < 4.78 is 0. The number of aromatic nitrogens is 1. The zero-order valence-electron chi connectivity index (χ0n) is 11.5. The molecule has 1 rings (SSSR count). The summed E-state index contributed by atoms with van der Waals surface area (Å²) in [6.45, 7) is 1.88. The van der Waals surface area contributed by atoms with Gasteiger partial charge in [0.25, 0.3) is 0 Å². The van der Waals surface area contributed by atoms with Crippen LogP contribution in [0.25, 0.3) is 0 Å². The van der Waals surface area contributed by atoms with Crippen molar-refractivity contribution in [3.63, 3.8) is 0 Å². The highest BCUT2D eigenvalue weighted by atomic mass is 32.1. The van der Waals surface area contributed by atoms with Crippen LogP contribution in [-0.4, -0.2) is 34.0 Å². The summed E-state index contributed by atoms with van der Waals surface area (Å²) in [7, 11) is 0. The van der Waals surface area contributed by atoms with Gasteiger partial charge in [0.1, 0.15) is 11.0 Å². The Labute approximate surface area is 125 Å². The Balaban J connectivity index is 2.56. The van der Waals surface area contributed by atoms with Crippen LogP contribution in [0.2, 0.25) is 0 Å². The van der Waals surface area contributed by atoms with Gasteiger partial charge in [-0.25, -0.2) is 14.6 Å². The molecule has 21 heavy (non-hydrogen) atoms. The normalized spacial score (nSPS) is 13.2. The monoisotopic (exact) mass is 314 g/mol. The van der Waals surface area contributed by atoms with Crippen LogP contribution in [0, 0.1) is 0 Å². The molecular formula is C12H18N4O4S. The Morgan fingerprint density at radius 2 is 2.14 bits per heavy atom. The highest BCUT2D eigenvalue weighted by molar-refractivity contribution is 7.09. The van der Waals surface area contributed by atoms with Gasteiger partial charge in [0, 0.05) is 18.0 Å². The largest absolute Gasteiger partial charge is 0.480 e. The van der Waals surface area contributed by atoms with E-state index in [2.05, 4.69) is 15.6 Å². The van der Waals surface area contributed by atoms with Gasteiger partial charge in [-0.1, -0.05) is 6.92 Å². The second-order valence-electron chi connectivity index (χ2n) is 4.34. The molecule has 1 heterocycles. The van der Waals surface area contributed by atoms with Gasteiger partial charge >= 0.3 is 12.0 Å². The van der Waals surface area contributed by atoms with E-state index in [1.54, 1.807) is 11.6 Å². The molecule has 0 aliphatic heterocycles. The molecule has 0 fully saturated rings. The molecule has 9 heteroatoms. The number of rotatable bonds is 8. The molecule has 1 aromatic heterocycles. The van der Waals surface area contributed by atoms with Crippen molar-refractivity contribution >= 4 is 29.2 Å². The lowest BCUT2D eigenvalue weighted by atomic mass is 10.1. The molecule has 0 spiro atoms. The number of nitrogens with two attached hydrogens (primary N) is 1. The molecule has 0 radical (unpaired) electrons. The predicted molar refractivity (Wildman–Crippen MR) is 76.7 cm³/mol. The lowest BCUT2D eigenvalue weighted by Crippen LogP contribution is -2.47. The molecule has 2 unspecified atom stereocenters. The van der Waals surface area contributed by atoms with Crippen LogP contribution in [0.5, 0.6) is 0 Å². The van der Waals surface area contributed by atoms with E-state index in [-0.39, 0.29) is 18.9 Å². The third-order valence-electron chi connectivity index (χ3n) is 2.75. The summed E-state index contributed by atoms with van der Waals surface area (Å²) in [5.41, 5.74) is 4.97. The van der Waals surface area contributed by atoms with Crippen molar-refractivity contribution in [1.29, 1.82) is 0 Å². The number of thiazole rings is 1. The Bertz CT molecular complexity index is 491. The van der Waals surface area contributed by atoms with Gasteiger partial charge in [-0.2, -0.15) is 0 Å². The summed E-state index contributed by atoms with van der Waals surface area (Å²) in [4.78, 5) is 37.7. The zero-order chi connectivity index (χ0) is 15.8. The fourth-order valence-electron chi connectivity index (χ4n) is 1.65. The van der Waals surface area contributed by atoms with E-state index in [0.29, 0.717) is 6.42 Å². The minimum absolute atomic E-state index is 0.0495. The van der Waals surface area contributed by atoms with Crippen molar-refractivity contribution in [2.24, 2.45) is 5.73 Å². The van der Waals surface area contributed by atoms with Crippen LogP contribution < -0.4 is 16.4 Å². The minimum atomic E-state index is -1.21. The molecule has 5 N–H and O–H groups in total. The zero-order valence-corrected chi connectivity index (χ0v) is 12.4. The number of carboxylic acids is 1. The first-order chi connectivity index (χ1) is 9.93. The van der Waals surface area contributed by atoms with E-state index in [1.807, 2.05) is 6.92 Å².